The molecule has 0 radical (unpaired) electrons. The Kier molecular flexibility index (Phi) is 5.68. The molecule has 4 nitrogen and oxygen atoms in total. The number of alkyl halides is 1. The molecular formula is C10H11ClINO3S. The van der Waals surface area contributed by atoms with Crippen LogP contribution >= 0.6 is 45.5 Å². The van der Waals surface area contributed by atoms with Gasteiger partial charge < -0.3 is 10.1 Å². The van der Waals surface area contributed by atoms with Gasteiger partial charge in [-0.3, -0.25) is 9.59 Å². The predicted molar refractivity (Wildman–Crippen MR) is 76.2 cm³/mol. The third-order valence-corrected chi connectivity index (χ3v) is 4.65. The Morgan fingerprint density at radius 2 is 2.29 bits per heavy atom. The molecule has 1 heterocycles. The number of methoxy groups -OCH3 is 1. The van der Waals surface area contributed by atoms with Gasteiger partial charge in [0.25, 0.3) is 5.91 Å². The van der Waals surface area contributed by atoms with Crippen LogP contribution in [0.5, 0.6) is 0 Å². The molecule has 7 heteroatoms. The number of ether oxygens (including phenoxy) is 1. The van der Waals surface area contributed by atoms with Gasteiger partial charge in [-0.15, -0.1) is 11.3 Å². The second kappa shape index (κ2) is 6.55. The minimum atomic E-state index is -0.401. The van der Waals surface area contributed by atoms with E-state index in [2.05, 4.69) is 10.1 Å². The first-order chi connectivity index (χ1) is 7.97. The van der Waals surface area contributed by atoms with Crippen molar-refractivity contribution in [1.29, 1.82) is 0 Å². The van der Waals surface area contributed by atoms with Gasteiger partial charge in [0.2, 0.25) is 0 Å². The molecule has 0 saturated heterocycles. The van der Waals surface area contributed by atoms with Crippen molar-refractivity contribution in [3.63, 3.8) is 0 Å². The summed E-state index contributed by atoms with van der Waals surface area (Å²) >= 11 is 9.17. The average molecular weight is 388 g/mol. The van der Waals surface area contributed by atoms with E-state index in [4.69, 9.17) is 11.6 Å². The number of hydrogen-bond acceptors (Lipinski definition) is 4. The summed E-state index contributed by atoms with van der Waals surface area (Å²) in [6, 6.07) is 0. The van der Waals surface area contributed by atoms with E-state index in [1.807, 2.05) is 34.9 Å². The van der Waals surface area contributed by atoms with Crippen molar-refractivity contribution in [1.82, 2.24) is 5.32 Å². The van der Waals surface area contributed by atoms with E-state index in [-0.39, 0.29) is 18.4 Å². The van der Waals surface area contributed by atoms with Gasteiger partial charge in [-0.25, -0.2) is 0 Å². The minimum absolute atomic E-state index is 0.222. The molecule has 1 rings (SSSR count). The maximum absolute atomic E-state index is 11.8. The zero-order valence-corrected chi connectivity index (χ0v) is 13.0. The Labute approximate surface area is 122 Å². The fourth-order valence-corrected chi connectivity index (χ4v) is 2.73. The van der Waals surface area contributed by atoms with Crippen LogP contribution in [0.4, 0.5) is 0 Å². The number of esters is 1. The first-order valence-corrected chi connectivity index (χ1v) is 7.21. The molecule has 1 amide bonds. The second-order valence-electron chi connectivity index (χ2n) is 3.26. The summed E-state index contributed by atoms with van der Waals surface area (Å²) in [6.07, 6.45) is 0. The van der Waals surface area contributed by atoms with Crippen molar-refractivity contribution < 1.29 is 14.3 Å². The minimum Gasteiger partial charge on any atom is -0.468 e. The molecule has 0 aromatic carbocycles. The fraction of sp³-hybridized carbons (Fsp3) is 0.400. The van der Waals surface area contributed by atoms with Crippen LogP contribution in [0.25, 0.3) is 0 Å². The van der Waals surface area contributed by atoms with E-state index in [9.17, 15) is 9.59 Å². The Morgan fingerprint density at radius 1 is 1.65 bits per heavy atom. The molecule has 1 atom stereocenters. The van der Waals surface area contributed by atoms with Gasteiger partial charge in [0.05, 0.1) is 12.1 Å². The monoisotopic (exact) mass is 387 g/mol. The number of carbonyl (C=O) groups excluding carboxylic acids is 2. The molecule has 0 fully saturated rings. The van der Waals surface area contributed by atoms with Gasteiger partial charge in [0, 0.05) is 6.54 Å². The van der Waals surface area contributed by atoms with E-state index in [1.165, 1.54) is 18.4 Å². The number of halogens is 2. The van der Waals surface area contributed by atoms with Crippen LogP contribution in [0.2, 0.25) is 5.02 Å². The zero-order chi connectivity index (χ0) is 13.0. The summed E-state index contributed by atoms with van der Waals surface area (Å²) in [5.41, 5.74) is 0.876. The third-order valence-electron chi connectivity index (χ3n) is 2.00. The number of thiophene rings is 1. The Morgan fingerprint density at radius 3 is 2.76 bits per heavy atom. The van der Waals surface area contributed by atoms with E-state index in [1.54, 1.807) is 0 Å². The molecule has 0 bridgehead atoms. The first-order valence-electron chi connectivity index (χ1n) is 4.71. The van der Waals surface area contributed by atoms with Gasteiger partial charge >= 0.3 is 5.97 Å². The maximum Gasteiger partial charge on any atom is 0.320 e. The van der Waals surface area contributed by atoms with Crippen LogP contribution in [0.15, 0.2) is 5.38 Å². The lowest BCUT2D eigenvalue weighted by molar-refractivity contribution is -0.139. The van der Waals surface area contributed by atoms with Gasteiger partial charge in [-0.1, -0.05) is 34.2 Å². The molecule has 0 spiro atoms. The van der Waals surface area contributed by atoms with E-state index in [0.717, 1.165) is 5.56 Å². The van der Waals surface area contributed by atoms with Crippen molar-refractivity contribution in [2.75, 3.05) is 13.7 Å². The topological polar surface area (TPSA) is 55.4 Å². The molecular weight excluding hydrogens is 377 g/mol. The number of carbonyl (C=O) groups is 2. The second-order valence-corrected chi connectivity index (χ2v) is 6.02. The van der Waals surface area contributed by atoms with E-state index < -0.39 is 3.92 Å². The van der Waals surface area contributed by atoms with Crippen molar-refractivity contribution in [2.24, 2.45) is 0 Å². The van der Waals surface area contributed by atoms with Gasteiger partial charge in [-0.2, -0.15) is 0 Å². The lowest BCUT2D eigenvalue weighted by atomic mass is 10.3. The number of hydrogen-bond donors (Lipinski definition) is 1. The first kappa shape index (κ1) is 14.7. The third kappa shape index (κ3) is 3.82. The lowest BCUT2D eigenvalue weighted by Gasteiger charge is -2.08. The molecule has 0 aliphatic rings. The zero-order valence-electron chi connectivity index (χ0n) is 9.25. The summed E-state index contributed by atoms with van der Waals surface area (Å²) < 4.78 is 4.16. The van der Waals surface area contributed by atoms with Crippen molar-refractivity contribution in [3.8, 4) is 0 Å². The molecule has 1 aromatic heterocycles. The van der Waals surface area contributed by atoms with Crippen molar-refractivity contribution in [2.45, 2.75) is 10.8 Å². The Balaban J connectivity index is 2.56. The largest absolute Gasteiger partial charge is 0.468 e. The Hall–Kier alpha value is -0.340. The van der Waals surface area contributed by atoms with Crippen molar-refractivity contribution in [3.05, 3.63) is 20.8 Å². The number of aryl methyl sites for hydroxylation is 1. The summed E-state index contributed by atoms with van der Waals surface area (Å²) in [5, 5.41) is 4.93. The number of rotatable bonds is 4. The molecule has 17 heavy (non-hydrogen) atoms. The highest BCUT2D eigenvalue weighted by Gasteiger charge is 2.19. The van der Waals surface area contributed by atoms with Crippen LogP contribution in [-0.2, 0) is 9.53 Å². The molecule has 1 unspecified atom stereocenters. The summed E-state index contributed by atoms with van der Waals surface area (Å²) in [4.78, 5) is 23.4. The highest BCUT2D eigenvalue weighted by atomic mass is 127. The quantitative estimate of drug-likeness (QED) is 0.490. The predicted octanol–water partition coefficient (Wildman–Crippen LogP) is 2.42. The van der Waals surface area contributed by atoms with Gasteiger partial charge in [-0.05, 0) is 17.9 Å². The van der Waals surface area contributed by atoms with Crippen LogP contribution in [0, 0.1) is 6.92 Å². The molecule has 0 aliphatic heterocycles. The maximum atomic E-state index is 11.8. The normalized spacial score (nSPS) is 12.0. The highest BCUT2D eigenvalue weighted by molar-refractivity contribution is 14.1. The average Bonchev–Trinajstić information content (AvgIpc) is 2.65. The highest BCUT2D eigenvalue weighted by Crippen LogP contribution is 2.26. The Bertz CT molecular complexity index is 435. The SMILES string of the molecule is COC(=O)C(I)CNC(=O)c1scc(C)c1Cl. The molecule has 0 saturated carbocycles. The van der Waals surface area contributed by atoms with Crippen LogP contribution in [-0.4, -0.2) is 29.5 Å². The molecule has 94 valence electrons. The molecule has 0 aliphatic carbocycles. The molecule has 1 N–H and O–H groups in total. The van der Waals surface area contributed by atoms with E-state index in [0.29, 0.717) is 9.90 Å². The lowest BCUT2D eigenvalue weighted by Crippen LogP contribution is -2.33. The summed E-state index contributed by atoms with van der Waals surface area (Å²) in [7, 11) is 1.31. The summed E-state index contributed by atoms with van der Waals surface area (Å²) in [5.74, 6) is -0.627. The fourth-order valence-electron chi connectivity index (χ4n) is 1.06. The standard InChI is InChI=1S/C10H11ClINO3S/c1-5-4-17-8(7(5)11)9(14)13-3-6(12)10(15)16-2/h4,6H,3H2,1-2H3,(H,13,14). The number of amides is 1. The van der Waals surface area contributed by atoms with Crippen LogP contribution < -0.4 is 5.32 Å². The van der Waals surface area contributed by atoms with Crippen molar-refractivity contribution >= 4 is 57.4 Å². The van der Waals surface area contributed by atoms with Crippen LogP contribution in [0.3, 0.4) is 0 Å². The number of nitrogens with one attached hydrogen (secondary N) is 1. The smallest absolute Gasteiger partial charge is 0.320 e. The van der Waals surface area contributed by atoms with E-state index >= 15 is 0 Å². The van der Waals surface area contributed by atoms with Crippen LogP contribution in [0.1, 0.15) is 15.2 Å². The summed E-state index contributed by atoms with van der Waals surface area (Å²) in [6.45, 7) is 2.06. The van der Waals surface area contributed by atoms with Gasteiger partial charge in [0.15, 0.2) is 0 Å². The molecule has 1 aromatic rings. The van der Waals surface area contributed by atoms with Gasteiger partial charge in [0.1, 0.15) is 8.80 Å².